The first-order valence-corrected chi connectivity index (χ1v) is 7.58. The summed E-state index contributed by atoms with van der Waals surface area (Å²) < 4.78 is 1.69. The summed E-state index contributed by atoms with van der Waals surface area (Å²) in [5.41, 5.74) is 4.24. The molecule has 0 radical (unpaired) electrons. The fraction of sp³-hybridized carbons (Fsp3) is 0.412. The van der Waals surface area contributed by atoms with E-state index < -0.39 is 0 Å². The maximum Gasteiger partial charge on any atom is 0.130 e. The van der Waals surface area contributed by atoms with E-state index in [0.29, 0.717) is 11.6 Å². The zero-order valence-electron chi connectivity index (χ0n) is 12.4. The highest BCUT2D eigenvalue weighted by atomic mass is 35.5. The third-order valence-corrected chi connectivity index (χ3v) is 5.02. The van der Waals surface area contributed by atoms with Crippen LogP contribution in [0.4, 0.5) is 0 Å². The van der Waals surface area contributed by atoms with Crippen molar-refractivity contribution in [1.82, 2.24) is 9.78 Å². The number of rotatable bonds is 2. The highest BCUT2D eigenvalue weighted by Crippen LogP contribution is 2.39. The van der Waals surface area contributed by atoms with E-state index in [2.05, 4.69) is 35.4 Å². The number of fused-ring (bicyclic) bond motifs is 1. The lowest BCUT2D eigenvalue weighted by molar-refractivity contribution is 0.339. The third kappa shape index (κ3) is 2.45. The Morgan fingerprint density at radius 2 is 2.10 bits per heavy atom. The van der Waals surface area contributed by atoms with E-state index in [9.17, 15) is 5.26 Å². The van der Waals surface area contributed by atoms with Crippen LogP contribution >= 0.6 is 11.6 Å². The van der Waals surface area contributed by atoms with Crippen LogP contribution in [0.5, 0.6) is 0 Å². The van der Waals surface area contributed by atoms with Crippen LogP contribution in [-0.2, 0) is 26.3 Å². The topological polar surface area (TPSA) is 41.6 Å². The number of aryl methyl sites for hydroxylation is 3. The molecule has 1 aliphatic carbocycles. The van der Waals surface area contributed by atoms with Crippen LogP contribution in [0.2, 0.25) is 5.15 Å². The maximum absolute atomic E-state index is 9.80. The SMILES string of the molecule is Cc1nn(C)c(Cl)c1CC1(C#N)CCc2ccccc2C1. The second-order valence-electron chi connectivity index (χ2n) is 5.99. The number of halogens is 1. The molecule has 1 aromatic carbocycles. The van der Waals surface area contributed by atoms with Crippen molar-refractivity contribution in [3.05, 3.63) is 51.8 Å². The normalized spacial score (nSPS) is 20.9. The second-order valence-corrected chi connectivity index (χ2v) is 6.35. The summed E-state index contributed by atoms with van der Waals surface area (Å²) in [5.74, 6) is 0. The minimum absolute atomic E-state index is 0.369. The first-order chi connectivity index (χ1) is 10.0. The molecule has 3 rings (SSSR count). The van der Waals surface area contributed by atoms with Crippen molar-refractivity contribution in [3.8, 4) is 6.07 Å². The fourth-order valence-corrected chi connectivity index (χ4v) is 3.54. The number of nitriles is 1. The summed E-state index contributed by atoms with van der Waals surface area (Å²) >= 11 is 6.34. The van der Waals surface area contributed by atoms with Gasteiger partial charge in [-0.15, -0.1) is 0 Å². The molecule has 0 amide bonds. The van der Waals surface area contributed by atoms with Crippen LogP contribution in [0.3, 0.4) is 0 Å². The molecule has 1 atom stereocenters. The second kappa shape index (κ2) is 5.20. The quantitative estimate of drug-likeness (QED) is 0.850. The minimum Gasteiger partial charge on any atom is -0.257 e. The van der Waals surface area contributed by atoms with Gasteiger partial charge in [0.15, 0.2) is 0 Å². The average molecular weight is 300 g/mol. The van der Waals surface area contributed by atoms with Crippen LogP contribution in [0.1, 0.15) is 28.8 Å². The Morgan fingerprint density at radius 3 is 2.71 bits per heavy atom. The van der Waals surface area contributed by atoms with Gasteiger partial charge < -0.3 is 0 Å². The van der Waals surface area contributed by atoms with Gasteiger partial charge in [0.2, 0.25) is 0 Å². The van der Waals surface area contributed by atoms with Gasteiger partial charge in [-0.2, -0.15) is 10.4 Å². The summed E-state index contributed by atoms with van der Waals surface area (Å²) in [6, 6.07) is 11.0. The number of benzene rings is 1. The van der Waals surface area contributed by atoms with Crippen LogP contribution < -0.4 is 0 Å². The van der Waals surface area contributed by atoms with Gasteiger partial charge in [-0.25, -0.2) is 0 Å². The molecule has 0 saturated carbocycles. The summed E-state index contributed by atoms with van der Waals surface area (Å²) in [4.78, 5) is 0. The molecule has 0 aliphatic heterocycles. The predicted molar refractivity (Wildman–Crippen MR) is 83.2 cm³/mol. The monoisotopic (exact) mass is 299 g/mol. The van der Waals surface area contributed by atoms with Gasteiger partial charge in [-0.05, 0) is 43.7 Å². The van der Waals surface area contributed by atoms with Crippen molar-refractivity contribution in [1.29, 1.82) is 5.26 Å². The van der Waals surface area contributed by atoms with Gasteiger partial charge in [0.05, 0.1) is 17.2 Å². The molecular formula is C17H18ClN3. The molecule has 0 saturated heterocycles. The molecule has 4 heteroatoms. The van der Waals surface area contributed by atoms with Crippen molar-refractivity contribution < 1.29 is 0 Å². The van der Waals surface area contributed by atoms with Crippen LogP contribution in [0, 0.1) is 23.7 Å². The van der Waals surface area contributed by atoms with Gasteiger partial charge >= 0.3 is 0 Å². The third-order valence-electron chi connectivity index (χ3n) is 4.54. The lowest BCUT2D eigenvalue weighted by Crippen LogP contribution is -2.30. The molecule has 21 heavy (non-hydrogen) atoms. The van der Waals surface area contributed by atoms with Gasteiger partial charge in [0, 0.05) is 12.6 Å². The molecule has 1 heterocycles. The molecule has 0 N–H and O–H groups in total. The summed E-state index contributed by atoms with van der Waals surface area (Å²) in [7, 11) is 1.84. The van der Waals surface area contributed by atoms with E-state index in [1.807, 2.05) is 14.0 Å². The zero-order valence-corrected chi connectivity index (χ0v) is 13.1. The van der Waals surface area contributed by atoms with E-state index >= 15 is 0 Å². The van der Waals surface area contributed by atoms with Gasteiger partial charge in [-0.1, -0.05) is 35.9 Å². The minimum atomic E-state index is -0.369. The molecule has 0 fully saturated rings. The van der Waals surface area contributed by atoms with Crippen LogP contribution in [-0.4, -0.2) is 9.78 Å². The summed E-state index contributed by atoms with van der Waals surface area (Å²) in [6.07, 6.45) is 3.31. The van der Waals surface area contributed by atoms with Gasteiger partial charge in [-0.3, -0.25) is 4.68 Å². The lowest BCUT2D eigenvalue weighted by atomic mass is 9.69. The summed E-state index contributed by atoms with van der Waals surface area (Å²) in [5, 5.41) is 14.8. The van der Waals surface area contributed by atoms with Crippen LogP contribution in [0.15, 0.2) is 24.3 Å². The van der Waals surface area contributed by atoms with E-state index in [1.165, 1.54) is 11.1 Å². The van der Waals surface area contributed by atoms with E-state index in [1.54, 1.807) is 4.68 Å². The fourth-order valence-electron chi connectivity index (χ4n) is 3.30. The smallest absolute Gasteiger partial charge is 0.130 e. The molecule has 1 aliphatic rings. The zero-order chi connectivity index (χ0) is 15.0. The van der Waals surface area contributed by atoms with Crippen LogP contribution in [0.25, 0.3) is 0 Å². The Bertz CT molecular complexity index is 726. The molecule has 2 aromatic rings. The number of nitrogens with zero attached hydrogens (tertiary/aromatic N) is 3. The first-order valence-electron chi connectivity index (χ1n) is 7.21. The Balaban J connectivity index is 1.95. The van der Waals surface area contributed by atoms with E-state index in [-0.39, 0.29) is 5.41 Å². The summed E-state index contributed by atoms with van der Waals surface area (Å²) in [6.45, 7) is 1.96. The highest BCUT2D eigenvalue weighted by molar-refractivity contribution is 6.30. The predicted octanol–water partition coefficient (Wildman–Crippen LogP) is 3.62. The van der Waals surface area contributed by atoms with E-state index in [4.69, 9.17) is 11.6 Å². The van der Waals surface area contributed by atoms with Crippen molar-refractivity contribution in [3.63, 3.8) is 0 Å². The molecule has 0 spiro atoms. The van der Waals surface area contributed by atoms with Crippen molar-refractivity contribution >= 4 is 11.6 Å². The molecule has 1 aromatic heterocycles. The highest BCUT2D eigenvalue weighted by Gasteiger charge is 2.36. The molecule has 0 bridgehead atoms. The van der Waals surface area contributed by atoms with Crippen molar-refractivity contribution in [2.24, 2.45) is 12.5 Å². The van der Waals surface area contributed by atoms with Crippen molar-refractivity contribution in [2.75, 3.05) is 0 Å². The maximum atomic E-state index is 9.80. The van der Waals surface area contributed by atoms with E-state index in [0.717, 1.165) is 30.5 Å². The largest absolute Gasteiger partial charge is 0.257 e. The molecule has 108 valence electrons. The number of hydrogen-bond donors (Lipinski definition) is 0. The Labute approximate surface area is 130 Å². The molecular weight excluding hydrogens is 282 g/mol. The van der Waals surface area contributed by atoms with Gasteiger partial charge in [0.1, 0.15) is 5.15 Å². The molecule has 1 unspecified atom stereocenters. The van der Waals surface area contributed by atoms with Crippen molar-refractivity contribution in [2.45, 2.75) is 32.6 Å². The average Bonchev–Trinajstić information content (AvgIpc) is 2.73. The molecule has 3 nitrogen and oxygen atoms in total. The lowest BCUT2D eigenvalue weighted by Gasteiger charge is -2.32. The standard InChI is InChI=1S/C17H18ClN3/c1-12-15(16(18)21(2)20-12)10-17(11-19)8-7-13-5-3-4-6-14(13)9-17/h3-6H,7-10H2,1-2H3. The number of aromatic nitrogens is 2. The Kier molecular flexibility index (Phi) is 3.51. The van der Waals surface area contributed by atoms with Gasteiger partial charge in [0.25, 0.3) is 0 Å². The first kappa shape index (κ1) is 14.2. The Morgan fingerprint density at radius 1 is 1.38 bits per heavy atom. The number of hydrogen-bond acceptors (Lipinski definition) is 2. The Hall–Kier alpha value is -1.79.